The van der Waals surface area contributed by atoms with Gasteiger partial charge in [-0.05, 0) is 55.2 Å². The second-order valence-electron chi connectivity index (χ2n) is 6.57. The maximum Gasteiger partial charge on any atom is 0.344 e. The number of carbonyl (C=O) groups excluding carboxylic acids is 2. The summed E-state index contributed by atoms with van der Waals surface area (Å²) in [5.74, 6) is -0.247. The van der Waals surface area contributed by atoms with E-state index >= 15 is 0 Å². The molecule has 0 spiro atoms. The van der Waals surface area contributed by atoms with E-state index in [9.17, 15) is 9.59 Å². The molecule has 0 saturated carbocycles. The SMILES string of the molecule is Cc1cc(OCC(=O)O[C@H](C)C(=O)Nc2ccccc2)c(C(C)C)cc1Cl. The molecule has 2 aromatic carbocycles. The molecule has 0 aliphatic rings. The molecule has 1 atom stereocenters. The van der Waals surface area contributed by atoms with Gasteiger partial charge in [0.2, 0.25) is 0 Å². The zero-order chi connectivity index (χ0) is 20.0. The zero-order valence-corrected chi connectivity index (χ0v) is 16.7. The normalized spacial score (nSPS) is 11.8. The lowest BCUT2D eigenvalue weighted by atomic mass is 10.0. The van der Waals surface area contributed by atoms with Crippen molar-refractivity contribution < 1.29 is 19.1 Å². The molecule has 1 amide bonds. The molecule has 0 heterocycles. The van der Waals surface area contributed by atoms with Crippen molar-refractivity contribution in [3.63, 3.8) is 0 Å². The number of para-hydroxylation sites is 1. The number of amides is 1. The first-order valence-corrected chi connectivity index (χ1v) is 9.14. The third-order valence-corrected chi connectivity index (χ3v) is 4.38. The minimum absolute atomic E-state index is 0.185. The van der Waals surface area contributed by atoms with Crippen LogP contribution in [0.4, 0.5) is 5.69 Å². The van der Waals surface area contributed by atoms with Crippen molar-refractivity contribution in [1.82, 2.24) is 0 Å². The maximum atomic E-state index is 12.1. The summed E-state index contributed by atoms with van der Waals surface area (Å²) in [5.41, 5.74) is 2.41. The van der Waals surface area contributed by atoms with E-state index in [4.69, 9.17) is 21.1 Å². The zero-order valence-electron chi connectivity index (χ0n) is 15.9. The van der Waals surface area contributed by atoms with Crippen LogP contribution < -0.4 is 10.1 Å². The molecular formula is C21H24ClNO4. The largest absolute Gasteiger partial charge is 0.482 e. The molecule has 144 valence electrons. The van der Waals surface area contributed by atoms with E-state index in [2.05, 4.69) is 5.32 Å². The number of hydrogen-bond donors (Lipinski definition) is 1. The maximum absolute atomic E-state index is 12.1. The first kappa shape index (κ1) is 20.8. The van der Waals surface area contributed by atoms with Gasteiger partial charge in [-0.1, -0.05) is 43.6 Å². The van der Waals surface area contributed by atoms with Crippen LogP contribution in [-0.4, -0.2) is 24.6 Å². The fraction of sp³-hybridized carbons (Fsp3) is 0.333. The Morgan fingerprint density at radius 1 is 1.11 bits per heavy atom. The van der Waals surface area contributed by atoms with Crippen LogP contribution >= 0.6 is 11.6 Å². The number of hydrogen-bond acceptors (Lipinski definition) is 4. The number of benzene rings is 2. The second kappa shape index (κ2) is 9.42. The summed E-state index contributed by atoms with van der Waals surface area (Å²) in [6, 6.07) is 12.6. The minimum Gasteiger partial charge on any atom is -0.482 e. The molecule has 0 aliphatic heterocycles. The average Bonchev–Trinajstić information content (AvgIpc) is 2.62. The number of rotatable bonds is 7. The van der Waals surface area contributed by atoms with Gasteiger partial charge in [-0.15, -0.1) is 0 Å². The summed E-state index contributed by atoms with van der Waals surface area (Å²) in [7, 11) is 0. The third kappa shape index (κ3) is 6.00. The Balaban J connectivity index is 1.92. The Hall–Kier alpha value is -2.53. The van der Waals surface area contributed by atoms with Gasteiger partial charge in [-0.3, -0.25) is 4.79 Å². The van der Waals surface area contributed by atoms with E-state index in [0.29, 0.717) is 16.5 Å². The topological polar surface area (TPSA) is 64.6 Å². The van der Waals surface area contributed by atoms with Crippen molar-refractivity contribution >= 4 is 29.2 Å². The van der Waals surface area contributed by atoms with E-state index in [1.165, 1.54) is 6.92 Å². The molecule has 2 aromatic rings. The molecule has 0 saturated heterocycles. The summed E-state index contributed by atoms with van der Waals surface area (Å²) in [5, 5.41) is 3.34. The number of carbonyl (C=O) groups is 2. The van der Waals surface area contributed by atoms with Crippen LogP contribution in [0.3, 0.4) is 0 Å². The number of ether oxygens (including phenoxy) is 2. The van der Waals surface area contributed by atoms with Crippen LogP contribution in [0.2, 0.25) is 5.02 Å². The first-order valence-electron chi connectivity index (χ1n) is 8.76. The van der Waals surface area contributed by atoms with Crippen molar-refractivity contribution in [2.75, 3.05) is 11.9 Å². The molecular weight excluding hydrogens is 366 g/mol. The highest BCUT2D eigenvalue weighted by molar-refractivity contribution is 6.31. The summed E-state index contributed by atoms with van der Waals surface area (Å²) in [4.78, 5) is 24.2. The average molecular weight is 390 g/mol. The van der Waals surface area contributed by atoms with Gasteiger partial charge in [0.05, 0.1) is 0 Å². The summed E-state index contributed by atoms with van der Waals surface area (Å²) in [6.07, 6.45) is -0.933. The summed E-state index contributed by atoms with van der Waals surface area (Å²) >= 11 is 6.17. The predicted octanol–water partition coefficient (Wildman–Crippen LogP) is 4.72. The van der Waals surface area contributed by atoms with Crippen molar-refractivity contribution in [1.29, 1.82) is 0 Å². The number of esters is 1. The highest BCUT2D eigenvalue weighted by Crippen LogP contribution is 2.32. The van der Waals surface area contributed by atoms with Gasteiger partial charge in [-0.25, -0.2) is 4.79 Å². The summed E-state index contributed by atoms with van der Waals surface area (Å²) < 4.78 is 10.8. The fourth-order valence-corrected chi connectivity index (χ4v) is 2.61. The van der Waals surface area contributed by atoms with Gasteiger partial charge < -0.3 is 14.8 Å². The Kier molecular flexibility index (Phi) is 7.25. The second-order valence-corrected chi connectivity index (χ2v) is 6.98. The van der Waals surface area contributed by atoms with Crippen LogP contribution in [-0.2, 0) is 14.3 Å². The molecule has 0 radical (unpaired) electrons. The van der Waals surface area contributed by atoms with Crippen LogP contribution in [0.5, 0.6) is 5.75 Å². The van der Waals surface area contributed by atoms with E-state index in [-0.39, 0.29) is 12.5 Å². The van der Waals surface area contributed by atoms with Crippen molar-refractivity contribution in [3.8, 4) is 5.75 Å². The quantitative estimate of drug-likeness (QED) is 0.696. The van der Waals surface area contributed by atoms with E-state index in [0.717, 1.165) is 11.1 Å². The van der Waals surface area contributed by atoms with Gasteiger partial charge >= 0.3 is 5.97 Å². The van der Waals surface area contributed by atoms with Gasteiger partial charge in [0.1, 0.15) is 5.75 Å². The predicted molar refractivity (Wildman–Crippen MR) is 106 cm³/mol. The van der Waals surface area contributed by atoms with Gasteiger partial charge in [0.25, 0.3) is 5.91 Å². The Labute approximate surface area is 164 Å². The number of anilines is 1. The lowest BCUT2D eigenvalue weighted by molar-refractivity contribution is -0.155. The molecule has 2 rings (SSSR count). The van der Waals surface area contributed by atoms with Gasteiger partial charge in [0.15, 0.2) is 12.7 Å². The lowest BCUT2D eigenvalue weighted by Gasteiger charge is -2.17. The highest BCUT2D eigenvalue weighted by atomic mass is 35.5. The Morgan fingerprint density at radius 2 is 1.78 bits per heavy atom. The van der Waals surface area contributed by atoms with E-state index < -0.39 is 18.0 Å². The minimum atomic E-state index is -0.933. The Morgan fingerprint density at radius 3 is 2.41 bits per heavy atom. The van der Waals surface area contributed by atoms with Crippen molar-refractivity contribution in [2.45, 2.75) is 39.7 Å². The number of nitrogens with one attached hydrogen (secondary N) is 1. The fourth-order valence-electron chi connectivity index (χ4n) is 2.43. The molecule has 27 heavy (non-hydrogen) atoms. The van der Waals surface area contributed by atoms with Crippen LogP contribution in [0.25, 0.3) is 0 Å². The molecule has 0 bridgehead atoms. The van der Waals surface area contributed by atoms with Crippen molar-refractivity contribution in [2.24, 2.45) is 0 Å². The Bertz CT molecular complexity index is 805. The highest BCUT2D eigenvalue weighted by Gasteiger charge is 2.19. The summed E-state index contributed by atoms with van der Waals surface area (Å²) in [6.45, 7) is 7.13. The van der Waals surface area contributed by atoms with Gasteiger partial charge in [-0.2, -0.15) is 0 Å². The molecule has 1 N–H and O–H groups in total. The molecule has 0 aliphatic carbocycles. The third-order valence-electron chi connectivity index (χ3n) is 3.98. The molecule has 5 nitrogen and oxygen atoms in total. The lowest BCUT2D eigenvalue weighted by Crippen LogP contribution is -2.31. The molecule has 0 unspecified atom stereocenters. The molecule has 0 aromatic heterocycles. The van der Waals surface area contributed by atoms with Crippen LogP contribution in [0.15, 0.2) is 42.5 Å². The first-order chi connectivity index (χ1) is 12.8. The van der Waals surface area contributed by atoms with Crippen molar-refractivity contribution in [3.05, 3.63) is 58.6 Å². The van der Waals surface area contributed by atoms with Crippen LogP contribution in [0.1, 0.15) is 37.8 Å². The number of halogens is 1. The van der Waals surface area contributed by atoms with E-state index in [1.54, 1.807) is 30.3 Å². The van der Waals surface area contributed by atoms with Gasteiger partial charge in [0, 0.05) is 10.7 Å². The number of aryl methyl sites for hydroxylation is 1. The monoisotopic (exact) mass is 389 g/mol. The molecule has 0 fully saturated rings. The van der Waals surface area contributed by atoms with Crippen LogP contribution in [0, 0.1) is 6.92 Å². The standard InChI is InChI=1S/C21H24ClNO4/c1-13(2)17-11-18(22)14(3)10-19(17)26-12-20(24)27-15(4)21(25)23-16-8-6-5-7-9-16/h5-11,13,15H,12H2,1-4H3,(H,23,25)/t15-/m1/s1. The smallest absolute Gasteiger partial charge is 0.344 e. The van der Waals surface area contributed by atoms with E-state index in [1.807, 2.05) is 32.9 Å². The molecule has 6 heteroatoms.